The van der Waals surface area contributed by atoms with Gasteiger partial charge in [0.2, 0.25) is 0 Å². The zero-order valence-corrected chi connectivity index (χ0v) is 10.5. The van der Waals surface area contributed by atoms with E-state index in [9.17, 15) is 17.6 Å². The molecule has 0 spiro atoms. The Morgan fingerprint density at radius 1 is 1.11 bits per heavy atom. The van der Waals surface area contributed by atoms with Crippen molar-refractivity contribution in [3.05, 3.63) is 29.3 Å². The van der Waals surface area contributed by atoms with E-state index < -0.39 is 18.2 Å². The fourth-order valence-electron chi connectivity index (χ4n) is 1.06. The van der Waals surface area contributed by atoms with E-state index >= 15 is 0 Å². The fourth-order valence-corrected chi connectivity index (χ4v) is 1.06. The minimum Gasteiger partial charge on any atom is -0.491 e. The summed E-state index contributed by atoms with van der Waals surface area (Å²) < 4.78 is 57.7. The molecule has 0 aliphatic rings. The quantitative estimate of drug-likeness (QED) is 0.595. The number of hydrogen-bond acceptors (Lipinski definition) is 2. The molecular formula is C12H16F4O2. The van der Waals surface area contributed by atoms with Crippen LogP contribution in [0.5, 0.6) is 5.75 Å². The van der Waals surface area contributed by atoms with Crippen LogP contribution in [0.1, 0.15) is 19.4 Å². The van der Waals surface area contributed by atoms with E-state index in [1.807, 2.05) is 13.8 Å². The van der Waals surface area contributed by atoms with Gasteiger partial charge in [0.15, 0.2) is 0 Å². The highest BCUT2D eigenvalue weighted by Crippen LogP contribution is 2.22. The maximum absolute atomic E-state index is 13.0. The van der Waals surface area contributed by atoms with Crippen molar-refractivity contribution in [2.24, 2.45) is 0 Å². The third-order valence-corrected chi connectivity index (χ3v) is 1.85. The predicted octanol–water partition coefficient (Wildman–Crippen LogP) is 3.92. The molecule has 0 radical (unpaired) electrons. The molecule has 2 nitrogen and oxygen atoms in total. The van der Waals surface area contributed by atoms with Crippen LogP contribution in [0, 0.1) is 18.6 Å². The Morgan fingerprint density at radius 3 is 2.28 bits per heavy atom. The van der Waals surface area contributed by atoms with Gasteiger partial charge >= 0.3 is 6.61 Å². The van der Waals surface area contributed by atoms with Gasteiger partial charge in [0.1, 0.15) is 24.0 Å². The average Bonchev–Trinajstić information content (AvgIpc) is 2.32. The summed E-state index contributed by atoms with van der Waals surface area (Å²) in [6.07, 6.45) is 0. The first-order valence-corrected chi connectivity index (χ1v) is 5.49. The van der Waals surface area contributed by atoms with Gasteiger partial charge < -0.3 is 9.47 Å². The smallest absolute Gasteiger partial charge is 0.345 e. The molecule has 1 rings (SSSR count). The molecule has 6 heteroatoms. The van der Waals surface area contributed by atoms with Crippen molar-refractivity contribution >= 4 is 0 Å². The van der Waals surface area contributed by atoms with Crippen LogP contribution in [0.15, 0.2) is 12.1 Å². The van der Waals surface area contributed by atoms with Crippen LogP contribution in [0.25, 0.3) is 0 Å². The van der Waals surface area contributed by atoms with Crippen molar-refractivity contribution in [3.8, 4) is 5.75 Å². The van der Waals surface area contributed by atoms with E-state index in [1.165, 1.54) is 6.92 Å². The van der Waals surface area contributed by atoms with Gasteiger partial charge in [-0.1, -0.05) is 13.8 Å². The van der Waals surface area contributed by atoms with E-state index in [0.717, 1.165) is 12.1 Å². The molecule has 0 aliphatic heterocycles. The molecule has 0 unspecified atom stereocenters. The summed E-state index contributed by atoms with van der Waals surface area (Å²) in [5.41, 5.74) is 0.124. The Kier molecular flexibility index (Phi) is 8.11. The van der Waals surface area contributed by atoms with Crippen LogP contribution in [0.3, 0.4) is 0 Å². The molecular weight excluding hydrogens is 252 g/mol. The Hall–Kier alpha value is -1.30. The van der Waals surface area contributed by atoms with Crippen LogP contribution in [-0.2, 0) is 4.74 Å². The molecule has 0 N–H and O–H groups in total. The van der Waals surface area contributed by atoms with Crippen molar-refractivity contribution in [2.75, 3.05) is 13.2 Å². The first-order chi connectivity index (χ1) is 8.50. The summed E-state index contributed by atoms with van der Waals surface area (Å²) in [5, 5.41) is 0. The van der Waals surface area contributed by atoms with Gasteiger partial charge in [0, 0.05) is 17.7 Å². The van der Waals surface area contributed by atoms with E-state index in [4.69, 9.17) is 4.74 Å². The summed E-state index contributed by atoms with van der Waals surface area (Å²) in [6.45, 7) is 1.97. The summed E-state index contributed by atoms with van der Waals surface area (Å²) in [6, 6.07) is 1.71. The van der Waals surface area contributed by atoms with E-state index in [-0.39, 0.29) is 24.5 Å². The van der Waals surface area contributed by atoms with E-state index in [1.54, 1.807) is 0 Å². The highest BCUT2D eigenvalue weighted by atomic mass is 19.3. The summed E-state index contributed by atoms with van der Waals surface area (Å²) in [5.74, 6) is -1.55. The van der Waals surface area contributed by atoms with E-state index in [2.05, 4.69) is 4.74 Å². The van der Waals surface area contributed by atoms with Gasteiger partial charge in [-0.3, -0.25) is 0 Å². The normalized spacial score (nSPS) is 10.0. The zero-order valence-electron chi connectivity index (χ0n) is 10.5. The second-order valence-electron chi connectivity index (χ2n) is 2.99. The lowest BCUT2D eigenvalue weighted by molar-refractivity contribution is -0.133. The third kappa shape index (κ3) is 5.86. The molecule has 0 amide bonds. The highest BCUT2D eigenvalue weighted by Gasteiger charge is 2.08. The first-order valence-electron chi connectivity index (χ1n) is 5.49. The second-order valence-corrected chi connectivity index (χ2v) is 2.99. The molecule has 0 aliphatic carbocycles. The van der Waals surface area contributed by atoms with Crippen LogP contribution in [0.2, 0.25) is 0 Å². The largest absolute Gasteiger partial charge is 0.491 e. The predicted molar refractivity (Wildman–Crippen MR) is 59.9 cm³/mol. The Bertz CT molecular complexity index is 356. The molecule has 0 saturated carbocycles. The highest BCUT2D eigenvalue weighted by molar-refractivity contribution is 5.34. The fraction of sp³-hybridized carbons (Fsp3) is 0.500. The van der Waals surface area contributed by atoms with Crippen molar-refractivity contribution in [2.45, 2.75) is 27.4 Å². The lowest BCUT2D eigenvalue weighted by atomic mass is 10.2. The molecule has 0 bridgehead atoms. The molecule has 18 heavy (non-hydrogen) atoms. The maximum atomic E-state index is 13.0. The molecule has 1 aromatic rings. The maximum Gasteiger partial charge on any atom is 0.345 e. The second kappa shape index (κ2) is 8.74. The van der Waals surface area contributed by atoms with Gasteiger partial charge in [-0.05, 0) is 6.92 Å². The standard InChI is InChI=1S/C10H10F4O2.C2H6/c1-6-8(12)4-7(11)5-9(6)15-2-3-16-10(13)14;1-2/h4-5,10H,2-3H2,1H3;1-2H3. The Balaban J connectivity index is 0.00000137. The number of alkyl halides is 2. The molecule has 0 aromatic heterocycles. The monoisotopic (exact) mass is 268 g/mol. The SMILES string of the molecule is CC.Cc1c(F)cc(F)cc1OCCOC(F)F. The molecule has 0 saturated heterocycles. The minimum absolute atomic E-state index is 0.0182. The van der Waals surface area contributed by atoms with Gasteiger partial charge in [-0.2, -0.15) is 8.78 Å². The number of hydrogen-bond donors (Lipinski definition) is 0. The zero-order chi connectivity index (χ0) is 14.1. The van der Waals surface area contributed by atoms with Crippen LogP contribution >= 0.6 is 0 Å². The topological polar surface area (TPSA) is 18.5 Å². The molecule has 0 fully saturated rings. The van der Waals surface area contributed by atoms with Gasteiger partial charge in [-0.15, -0.1) is 0 Å². The van der Waals surface area contributed by atoms with Crippen molar-refractivity contribution in [1.29, 1.82) is 0 Å². The van der Waals surface area contributed by atoms with Crippen LogP contribution < -0.4 is 4.74 Å². The molecule has 0 atom stereocenters. The average molecular weight is 268 g/mol. The minimum atomic E-state index is -2.88. The lowest BCUT2D eigenvalue weighted by Crippen LogP contribution is -2.10. The number of halogens is 4. The van der Waals surface area contributed by atoms with Gasteiger partial charge in [0.25, 0.3) is 0 Å². The number of ether oxygens (including phenoxy) is 2. The first kappa shape index (κ1) is 16.7. The lowest BCUT2D eigenvalue weighted by Gasteiger charge is -2.09. The molecule has 1 aromatic carbocycles. The summed E-state index contributed by atoms with van der Waals surface area (Å²) >= 11 is 0. The van der Waals surface area contributed by atoms with Crippen molar-refractivity contribution in [3.63, 3.8) is 0 Å². The van der Waals surface area contributed by atoms with Crippen LogP contribution in [-0.4, -0.2) is 19.8 Å². The Labute approximate surface area is 104 Å². The van der Waals surface area contributed by atoms with Crippen molar-refractivity contribution in [1.82, 2.24) is 0 Å². The van der Waals surface area contributed by atoms with E-state index in [0.29, 0.717) is 0 Å². The molecule has 0 heterocycles. The molecule has 104 valence electrons. The van der Waals surface area contributed by atoms with Crippen LogP contribution in [0.4, 0.5) is 17.6 Å². The van der Waals surface area contributed by atoms with Gasteiger partial charge in [-0.25, -0.2) is 8.78 Å². The van der Waals surface area contributed by atoms with Gasteiger partial charge in [0.05, 0.1) is 6.61 Å². The summed E-state index contributed by atoms with van der Waals surface area (Å²) in [4.78, 5) is 0. The number of rotatable bonds is 5. The Morgan fingerprint density at radius 2 is 1.72 bits per heavy atom. The van der Waals surface area contributed by atoms with Crippen molar-refractivity contribution < 1.29 is 27.0 Å². The number of benzene rings is 1. The summed E-state index contributed by atoms with van der Waals surface area (Å²) in [7, 11) is 0. The third-order valence-electron chi connectivity index (χ3n) is 1.85.